The Balaban J connectivity index is 1.47. The zero-order valence-electron chi connectivity index (χ0n) is 14.5. The first-order chi connectivity index (χ1) is 12.6. The molecule has 0 aliphatic carbocycles. The van der Waals surface area contributed by atoms with Gasteiger partial charge >= 0.3 is 0 Å². The molecule has 3 aromatic rings. The van der Waals surface area contributed by atoms with Crippen LogP contribution in [0.15, 0.2) is 35.8 Å². The molecule has 2 N–H and O–H groups in total. The number of nitrogens with one attached hydrogen (secondary N) is 2. The van der Waals surface area contributed by atoms with Crippen LogP contribution in [0.5, 0.6) is 0 Å². The minimum absolute atomic E-state index is 0.0283. The van der Waals surface area contributed by atoms with Crippen molar-refractivity contribution >= 4 is 34.1 Å². The summed E-state index contributed by atoms with van der Waals surface area (Å²) >= 11 is 1.53. The van der Waals surface area contributed by atoms with Crippen molar-refractivity contribution in [2.75, 3.05) is 0 Å². The Bertz CT molecular complexity index is 961. The second kappa shape index (κ2) is 6.92. The van der Waals surface area contributed by atoms with Gasteiger partial charge in [0, 0.05) is 41.1 Å². The van der Waals surface area contributed by atoms with Crippen LogP contribution in [0.2, 0.25) is 0 Å². The number of likely N-dealkylation sites (tertiary alicyclic amines) is 1. The monoisotopic (exact) mass is 368 g/mol. The smallest absolute Gasteiger partial charge is 0.243 e. The Labute approximate surface area is 155 Å². The van der Waals surface area contributed by atoms with Gasteiger partial charge in [0.25, 0.3) is 0 Å². The molecule has 134 valence electrons. The normalized spacial score (nSPS) is 17.2. The minimum Gasteiger partial charge on any atom is -0.361 e. The average Bonchev–Trinajstić information content (AvgIpc) is 3.34. The van der Waals surface area contributed by atoms with Crippen LogP contribution < -0.4 is 5.32 Å². The zero-order chi connectivity index (χ0) is 18.1. The summed E-state index contributed by atoms with van der Waals surface area (Å²) in [5.74, 6) is -0.0796. The van der Waals surface area contributed by atoms with Gasteiger partial charge in [0.1, 0.15) is 11.0 Å². The molecule has 3 heterocycles. The van der Waals surface area contributed by atoms with Crippen molar-refractivity contribution in [1.29, 1.82) is 0 Å². The van der Waals surface area contributed by atoms with Gasteiger partial charge in [0.2, 0.25) is 11.8 Å². The molecule has 1 atom stereocenters. The highest BCUT2D eigenvalue weighted by molar-refractivity contribution is 7.09. The topological polar surface area (TPSA) is 78.1 Å². The predicted octanol–water partition coefficient (Wildman–Crippen LogP) is 2.74. The third kappa shape index (κ3) is 3.22. The fourth-order valence-corrected chi connectivity index (χ4v) is 4.13. The molecule has 0 bridgehead atoms. The summed E-state index contributed by atoms with van der Waals surface area (Å²) in [7, 11) is 0. The van der Waals surface area contributed by atoms with Gasteiger partial charge < -0.3 is 15.2 Å². The highest BCUT2D eigenvalue weighted by atomic mass is 32.1. The molecular formula is C19H20N4O2S. The number of aromatic amines is 1. The number of thiazole rings is 1. The van der Waals surface area contributed by atoms with Gasteiger partial charge in [-0.15, -0.1) is 11.3 Å². The van der Waals surface area contributed by atoms with Crippen LogP contribution >= 0.6 is 11.3 Å². The molecule has 7 heteroatoms. The number of amides is 2. The maximum absolute atomic E-state index is 12.6. The molecule has 26 heavy (non-hydrogen) atoms. The van der Waals surface area contributed by atoms with E-state index in [1.54, 1.807) is 4.90 Å². The van der Waals surface area contributed by atoms with Crippen LogP contribution in [-0.2, 0) is 22.7 Å². The number of para-hydroxylation sites is 1. The second-order valence-electron chi connectivity index (χ2n) is 6.54. The number of aromatic nitrogens is 2. The fourth-order valence-electron chi connectivity index (χ4n) is 3.41. The number of H-pyrrole nitrogens is 1. The van der Waals surface area contributed by atoms with Crippen LogP contribution in [0.25, 0.3) is 10.9 Å². The number of benzene rings is 1. The van der Waals surface area contributed by atoms with Crippen molar-refractivity contribution in [2.24, 2.45) is 0 Å². The van der Waals surface area contributed by atoms with Gasteiger partial charge in [-0.25, -0.2) is 4.98 Å². The molecular weight excluding hydrogens is 348 g/mol. The highest BCUT2D eigenvalue weighted by Gasteiger charge is 2.36. The van der Waals surface area contributed by atoms with E-state index in [9.17, 15) is 9.59 Å². The zero-order valence-corrected chi connectivity index (χ0v) is 15.3. The summed E-state index contributed by atoms with van der Waals surface area (Å²) in [6, 6.07) is 7.57. The van der Waals surface area contributed by atoms with Crippen molar-refractivity contribution < 1.29 is 9.59 Å². The van der Waals surface area contributed by atoms with E-state index in [2.05, 4.69) is 15.3 Å². The molecule has 4 rings (SSSR count). The molecule has 1 aliphatic rings. The number of aryl methyl sites for hydroxylation is 1. The summed E-state index contributed by atoms with van der Waals surface area (Å²) < 4.78 is 0. The van der Waals surface area contributed by atoms with E-state index in [1.807, 2.05) is 42.8 Å². The summed E-state index contributed by atoms with van der Waals surface area (Å²) in [5, 5.41) is 6.86. The predicted molar refractivity (Wildman–Crippen MR) is 101 cm³/mol. The molecule has 1 unspecified atom stereocenters. The Morgan fingerprint density at radius 2 is 2.27 bits per heavy atom. The van der Waals surface area contributed by atoms with Crippen molar-refractivity contribution in [1.82, 2.24) is 20.2 Å². The Morgan fingerprint density at radius 3 is 3.08 bits per heavy atom. The van der Waals surface area contributed by atoms with Gasteiger partial charge in [-0.2, -0.15) is 0 Å². The van der Waals surface area contributed by atoms with Gasteiger partial charge in [0.05, 0.1) is 6.54 Å². The molecule has 0 spiro atoms. The van der Waals surface area contributed by atoms with E-state index in [-0.39, 0.29) is 11.8 Å². The van der Waals surface area contributed by atoms with Crippen LogP contribution in [0.1, 0.15) is 29.1 Å². The first kappa shape index (κ1) is 16.8. The largest absolute Gasteiger partial charge is 0.361 e. The first-order valence-corrected chi connectivity index (χ1v) is 9.53. The summed E-state index contributed by atoms with van der Waals surface area (Å²) in [6.07, 6.45) is 2.89. The maximum atomic E-state index is 12.6. The Hall–Kier alpha value is -2.67. The van der Waals surface area contributed by atoms with Crippen LogP contribution in [0, 0.1) is 6.92 Å². The third-order valence-electron chi connectivity index (χ3n) is 4.73. The molecule has 0 radical (unpaired) electrons. The number of nitrogens with zero attached hydrogens (tertiary/aromatic N) is 2. The Kier molecular flexibility index (Phi) is 4.46. The molecule has 6 nitrogen and oxygen atoms in total. The number of hydrogen-bond acceptors (Lipinski definition) is 4. The second-order valence-corrected chi connectivity index (χ2v) is 7.48. The number of carbonyl (C=O) groups excluding carboxylic acids is 2. The molecule has 2 aromatic heterocycles. The van der Waals surface area contributed by atoms with E-state index in [0.29, 0.717) is 25.9 Å². The molecule has 1 aliphatic heterocycles. The summed E-state index contributed by atoms with van der Waals surface area (Å²) in [6.45, 7) is 2.78. The lowest BCUT2D eigenvalue weighted by atomic mass is 10.1. The maximum Gasteiger partial charge on any atom is 0.243 e. The molecule has 1 saturated heterocycles. The van der Waals surface area contributed by atoms with E-state index < -0.39 is 6.04 Å². The lowest BCUT2D eigenvalue weighted by Gasteiger charge is -2.23. The van der Waals surface area contributed by atoms with E-state index in [0.717, 1.165) is 27.2 Å². The van der Waals surface area contributed by atoms with Crippen molar-refractivity contribution in [3.63, 3.8) is 0 Å². The number of carbonyl (C=O) groups is 2. The molecule has 2 amide bonds. The highest BCUT2D eigenvalue weighted by Crippen LogP contribution is 2.25. The lowest BCUT2D eigenvalue weighted by molar-refractivity contribution is -0.135. The number of hydrogen-bond donors (Lipinski definition) is 2. The van der Waals surface area contributed by atoms with Gasteiger partial charge in [0.15, 0.2) is 0 Å². The number of fused-ring (bicyclic) bond motifs is 1. The molecule has 0 saturated carbocycles. The minimum atomic E-state index is -0.419. The van der Waals surface area contributed by atoms with Crippen LogP contribution in [-0.4, -0.2) is 32.7 Å². The SMILES string of the molecule is Cc1csc(CNC(=O)C2CCC(=O)N2Cc2c[nH]c3ccccc23)n1. The van der Waals surface area contributed by atoms with Crippen LogP contribution in [0.4, 0.5) is 0 Å². The van der Waals surface area contributed by atoms with Crippen LogP contribution in [0.3, 0.4) is 0 Å². The Morgan fingerprint density at radius 1 is 1.42 bits per heavy atom. The summed E-state index contributed by atoms with van der Waals surface area (Å²) in [4.78, 5) is 34.3. The summed E-state index contributed by atoms with van der Waals surface area (Å²) in [5.41, 5.74) is 3.02. The van der Waals surface area contributed by atoms with Crippen molar-refractivity contribution in [3.05, 3.63) is 52.1 Å². The van der Waals surface area contributed by atoms with E-state index in [1.165, 1.54) is 11.3 Å². The molecule has 1 fully saturated rings. The third-order valence-corrected chi connectivity index (χ3v) is 5.69. The van der Waals surface area contributed by atoms with Crippen molar-refractivity contribution in [3.8, 4) is 0 Å². The fraction of sp³-hybridized carbons (Fsp3) is 0.316. The van der Waals surface area contributed by atoms with Gasteiger partial charge in [-0.3, -0.25) is 9.59 Å². The number of rotatable bonds is 5. The van der Waals surface area contributed by atoms with Gasteiger partial charge in [-0.1, -0.05) is 18.2 Å². The molecule has 1 aromatic carbocycles. The van der Waals surface area contributed by atoms with E-state index >= 15 is 0 Å². The van der Waals surface area contributed by atoms with Gasteiger partial charge in [-0.05, 0) is 25.0 Å². The average molecular weight is 368 g/mol. The standard InChI is InChI=1S/C19H20N4O2S/c1-12-11-26-17(22-12)9-21-19(25)16-6-7-18(24)23(16)10-13-8-20-15-5-3-2-4-14(13)15/h2-5,8,11,16,20H,6-7,9-10H2,1H3,(H,21,25). The first-order valence-electron chi connectivity index (χ1n) is 8.65. The quantitative estimate of drug-likeness (QED) is 0.727. The van der Waals surface area contributed by atoms with Crippen molar-refractivity contribution in [2.45, 2.75) is 38.9 Å². The lowest BCUT2D eigenvalue weighted by Crippen LogP contribution is -2.44. The van der Waals surface area contributed by atoms with E-state index in [4.69, 9.17) is 0 Å².